The number of benzene rings is 2. The maximum atomic E-state index is 10.8. The Hall–Kier alpha value is -2.93. The molecule has 138 valence electrons. The zero-order valence-corrected chi connectivity index (χ0v) is 15.9. The predicted octanol–water partition coefficient (Wildman–Crippen LogP) is 5.34. The topological polar surface area (TPSA) is 78.2 Å². The molecule has 0 amide bonds. The van der Waals surface area contributed by atoms with Crippen LogP contribution in [0.1, 0.15) is 23.7 Å². The highest BCUT2D eigenvalue weighted by atomic mass is 32.2. The van der Waals surface area contributed by atoms with Gasteiger partial charge in [0.1, 0.15) is 5.75 Å². The molecule has 0 spiro atoms. The predicted molar refractivity (Wildman–Crippen MR) is 105 cm³/mol. The fraction of sp³-hybridized carbons (Fsp3) is 0.200. The summed E-state index contributed by atoms with van der Waals surface area (Å²) in [6, 6.07) is 16.0. The lowest BCUT2D eigenvalue weighted by Gasteiger charge is -2.09. The summed E-state index contributed by atoms with van der Waals surface area (Å²) in [7, 11) is 0. The number of nitro benzene ring substituents is 1. The number of hydrogen-bond donors (Lipinski definition) is 0. The number of nitro groups is 1. The number of non-ortho nitro benzene ring substituents is 1. The molecule has 3 aromatic rings. The Bertz CT molecular complexity index is 945. The van der Waals surface area contributed by atoms with E-state index in [1.807, 2.05) is 19.1 Å². The molecule has 0 radical (unpaired) electrons. The quantitative estimate of drug-likeness (QED) is 0.238. The van der Waals surface area contributed by atoms with E-state index in [9.17, 15) is 10.1 Å². The highest BCUT2D eigenvalue weighted by Gasteiger charge is 2.09. The molecule has 0 bridgehead atoms. The molecule has 0 N–H and O–H groups in total. The molecule has 0 aliphatic rings. The minimum absolute atomic E-state index is 0.0220. The fourth-order valence-corrected chi connectivity index (χ4v) is 3.36. The smallest absolute Gasteiger partial charge is 0.269 e. The molecular formula is C20H19N3O3S. The molecule has 7 heteroatoms. The SMILES string of the molecule is CCc1cc(Oc2ccc([N+](=O)[O-])cc2)nc(SCc2ccccc2C)n1. The van der Waals surface area contributed by atoms with Crippen LogP contribution in [0.4, 0.5) is 5.69 Å². The van der Waals surface area contributed by atoms with Gasteiger partial charge in [-0.1, -0.05) is 43.0 Å². The average Bonchev–Trinajstić information content (AvgIpc) is 2.67. The molecule has 0 aliphatic carbocycles. The van der Waals surface area contributed by atoms with Crippen LogP contribution in [0.2, 0.25) is 0 Å². The second-order valence-corrected chi connectivity index (χ2v) is 6.84. The molecular weight excluding hydrogens is 362 g/mol. The van der Waals surface area contributed by atoms with Gasteiger partial charge in [-0.3, -0.25) is 10.1 Å². The van der Waals surface area contributed by atoms with Crippen molar-refractivity contribution in [3.63, 3.8) is 0 Å². The van der Waals surface area contributed by atoms with Crippen LogP contribution in [0, 0.1) is 17.0 Å². The van der Waals surface area contributed by atoms with Gasteiger partial charge in [0, 0.05) is 29.6 Å². The Morgan fingerprint density at radius 3 is 2.52 bits per heavy atom. The first-order valence-corrected chi connectivity index (χ1v) is 9.51. The molecule has 1 aromatic heterocycles. The minimum Gasteiger partial charge on any atom is -0.439 e. The molecule has 6 nitrogen and oxygen atoms in total. The third-order valence-corrected chi connectivity index (χ3v) is 4.88. The summed E-state index contributed by atoms with van der Waals surface area (Å²) >= 11 is 1.56. The average molecular weight is 381 g/mol. The first-order chi connectivity index (χ1) is 13.0. The Morgan fingerprint density at radius 2 is 1.85 bits per heavy atom. The number of hydrogen-bond acceptors (Lipinski definition) is 6. The van der Waals surface area contributed by atoms with E-state index >= 15 is 0 Å². The normalized spacial score (nSPS) is 10.6. The van der Waals surface area contributed by atoms with Crippen molar-refractivity contribution in [1.29, 1.82) is 0 Å². The van der Waals surface area contributed by atoms with Crippen molar-refractivity contribution in [3.8, 4) is 11.6 Å². The number of rotatable bonds is 7. The highest BCUT2D eigenvalue weighted by molar-refractivity contribution is 7.98. The van der Waals surface area contributed by atoms with Crippen molar-refractivity contribution in [2.24, 2.45) is 0 Å². The number of aromatic nitrogens is 2. The van der Waals surface area contributed by atoms with E-state index in [0.717, 1.165) is 17.9 Å². The molecule has 0 unspecified atom stereocenters. The summed E-state index contributed by atoms with van der Waals surface area (Å²) in [5, 5.41) is 11.4. The molecule has 0 saturated heterocycles. The second kappa shape index (κ2) is 8.64. The van der Waals surface area contributed by atoms with E-state index < -0.39 is 4.92 Å². The summed E-state index contributed by atoms with van der Waals surface area (Å²) in [6.45, 7) is 4.11. The third kappa shape index (κ3) is 5.04. The molecule has 0 aliphatic heterocycles. The Labute approximate surface area is 161 Å². The number of nitrogens with zero attached hydrogens (tertiary/aromatic N) is 3. The van der Waals surface area contributed by atoms with Gasteiger partial charge in [-0.15, -0.1) is 0 Å². The van der Waals surface area contributed by atoms with E-state index in [4.69, 9.17) is 4.74 Å². The number of ether oxygens (including phenoxy) is 1. The molecule has 0 fully saturated rings. The standard InChI is InChI=1S/C20H19N3O3S/c1-3-16-12-19(26-18-10-8-17(9-11-18)23(24)25)22-20(21-16)27-13-15-7-5-4-6-14(15)2/h4-12H,3,13H2,1-2H3. The summed E-state index contributed by atoms with van der Waals surface area (Å²) in [5.74, 6) is 1.70. The zero-order valence-electron chi connectivity index (χ0n) is 15.1. The Kier molecular flexibility index (Phi) is 6.03. The van der Waals surface area contributed by atoms with Crippen LogP contribution >= 0.6 is 11.8 Å². The fourth-order valence-electron chi connectivity index (χ4n) is 2.42. The maximum absolute atomic E-state index is 10.8. The van der Waals surface area contributed by atoms with Crippen LogP contribution in [0.3, 0.4) is 0 Å². The van der Waals surface area contributed by atoms with Crippen molar-refractivity contribution in [2.45, 2.75) is 31.2 Å². The first kappa shape index (κ1) is 18.8. The van der Waals surface area contributed by atoms with Crippen LogP contribution < -0.4 is 4.74 Å². The van der Waals surface area contributed by atoms with Gasteiger partial charge in [-0.2, -0.15) is 4.98 Å². The number of aryl methyl sites for hydroxylation is 2. The summed E-state index contributed by atoms with van der Waals surface area (Å²) in [4.78, 5) is 19.3. The van der Waals surface area contributed by atoms with Crippen LogP contribution in [0.15, 0.2) is 59.8 Å². The summed E-state index contributed by atoms with van der Waals surface area (Å²) in [5.41, 5.74) is 3.38. The van der Waals surface area contributed by atoms with E-state index in [1.54, 1.807) is 30.0 Å². The maximum Gasteiger partial charge on any atom is 0.269 e. The first-order valence-electron chi connectivity index (χ1n) is 8.52. The van der Waals surface area contributed by atoms with Crippen LogP contribution in [0.5, 0.6) is 11.6 Å². The van der Waals surface area contributed by atoms with Crippen molar-refractivity contribution in [3.05, 3.63) is 81.5 Å². The third-order valence-electron chi connectivity index (χ3n) is 3.99. The van der Waals surface area contributed by atoms with E-state index in [0.29, 0.717) is 16.8 Å². The van der Waals surface area contributed by atoms with Crippen molar-refractivity contribution in [2.75, 3.05) is 0 Å². The van der Waals surface area contributed by atoms with Crippen LogP contribution in [-0.4, -0.2) is 14.9 Å². The highest BCUT2D eigenvalue weighted by Crippen LogP contribution is 2.27. The monoisotopic (exact) mass is 381 g/mol. The minimum atomic E-state index is -0.441. The van der Waals surface area contributed by atoms with Gasteiger partial charge >= 0.3 is 0 Å². The van der Waals surface area contributed by atoms with Gasteiger partial charge in [0.05, 0.1) is 4.92 Å². The van der Waals surface area contributed by atoms with Crippen LogP contribution in [-0.2, 0) is 12.2 Å². The lowest BCUT2D eigenvalue weighted by Crippen LogP contribution is -1.98. The second-order valence-electron chi connectivity index (χ2n) is 5.90. The van der Waals surface area contributed by atoms with Crippen molar-refractivity contribution in [1.82, 2.24) is 9.97 Å². The summed E-state index contributed by atoms with van der Waals surface area (Å²) in [6.07, 6.45) is 0.761. The van der Waals surface area contributed by atoms with Gasteiger partial charge in [-0.05, 0) is 36.6 Å². The van der Waals surface area contributed by atoms with Gasteiger partial charge in [-0.25, -0.2) is 4.98 Å². The number of thioether (sulfide) groups is 1. The lowest BCUT2D eigenvalue weighted by molar-refractivity contribution is -0.384. The van der Waals surface area contributed by atoms with E-state index in [-0.39, 0.29) is 5.69 Å². The van der Waals surface area contributed by atoms with E-state index in [1.165, 1.54) is 23.3 Å². The molecule has 1 heterocycles. The Morgan fingerprint density at radius 1 is 1.11 bits per heavy atom. The van der Waals surface area contributed by atoms with Gasteiger partial charge in [0.2, 0.25) is 5.88 Å². The lowest BCUT2D eigenvalue weighted by atomic mass is 10.1. The van der Waals surface area contributed by atoms with Crippen LogP contribution in [0.25, 0.3) is 0 Å². The van der Waals surface area contributed by atoms with Crippen molar-refractivity contribution < 1.29 is 9.66 Å². The Balaban J connectivity index is 1.76. The van der Waals surface area contributed by atoms with Gasteiger partial charge in [0.25, 0.3) is 5.69 Å². The van der Waals surface area contributed by atoms with Crippen molar-refractivity contribution >= 4 is 17.4 Å². The van der Waals surface area contributed by atoms with Gasteiger partial charge in [0.15, 0.2) is 5.16 Å². The molecule has 2 aromatic carbocycles. The molecule has 27 heavy (non-hydrogen) atoms. The molecule has 3 rings (SSSR count). The summed E-state index contributed by atoms with van der Waals surface area (Å²) < 4.78 is 5.78. The largest absolute Gasteiger partial charge is 0.439 e. The zero-order chi connectivity index (χ0) is 19.2. The molecule has 0 atom stereocenters. The molecule has 0 saturated carbocycles. The van der Waals surface area contributed by atoms with E-state index in [2.05, 4.69) is 29.0 Å². The van der Waals surface area contributed by atoms with Gasteiger partial charge < -0.3 is 4.74 Å².